The van der Waals surface area contributed by atoms with E-state index in [4.69, 9.17) is 15.5 Å². The van der Waals surface area contributed by atoms with E-state index >= 15 is 0 Å². The van der Waals surface area contributed by atoms with Crippen LogP contribution in [0, 0.1) is 0 Å². The maximum Gasteiger partial charge on any atom is 0.190 e. The van der Waals surface area contributed by atoms with Gasteiger partial charge in [0, 0.05) is 18.0 Å². The first-order valence-electron chi connectivity index (χ1n) is 7.39. The molecule has 5 heteroatoms. The third-order valence-electron chi connectivity index (χ3n) is 3.62. The van der Waals surface area contributed by atoms with Gasteiger partial charge in [0.2, 0.25) is 0 Å². The fraction of sp³-hybridized carbons (Fsp3) is 0.438. The minimum Gasteiger partial charge on any atom is -0.491 e. The van der Waals surface area contributed by atoms with Crippen LogP contribution in [0.4, 0.5) is 10.8 Å². The Bertz CT molecular complexity index is 624. The molecule has 2 heterocycles. The van der Waals surface area contributed by atoms with E-state index < -0.39 is 0 Å². The maximum atomic E-state index is 5.88. The normalized spacial score (nSPS) is 14.8. The minimum atomic E-state index is 0.395. The van der Waals surface area contributed by atoms with Crippen LogP contribution in [-0.2, 0) is 6.54 Å². The number of para-hydroxylation sites is 2. The third-order valence-corrected chi connectivity index (χ3v) is 4.74. The van der Waals surface area contributed by atoms with E-state index in [0.29, 0.717) is 12.5 Å². The highest BCUT2D eigenvalue weighted by atomic mass is 32.1. The minimum absolute atomic E-state index is 0.395. The molecule has 1 aliphatic heterocycles. The Balaban J connectivity index is 2.04. The van der Waals surface area contributed by atoms with Crippen molar-refractivity contribution in [3.05, 3.63) is 34.8 Å². The molecule has 0 radical (unpaired) electrons. The second-order valence-corrected chi connectivity index (χ2v) is 6.55. The number of fused-ring (bicyclic) bond motifs is 1. The molecule has 0 bridgehead atoms. The lowest BCUT2D eigenvalue weighted by Gasteiger charge is -2.20. The standard InChI is InChI=1S/C16H21N3OS/c1-11(2)15-14(10-17)21-16(18-15)19-8-5-9-20-13-7-4-3-6-12(13)19/h3-4,6-7,11H,5,8-10,17H2,1-2H3. The zero-order chi connectivity index (χ0) is 14.8. The Morgan fingerprint density at radius 3 is 2.90 bits per heavy atom. The Morgan fingerprint density at radius 2 is 2.19 bits per heavy atom. The monoisotopic (exact) mass is 303 g/mol. The molecule has 0 saturated heterocycles. The lowest BCUT2D eigenvalue weighted by atomic mass is 10.1. The van der Waals surface area contributed by atoms with Crippen molar-refractivity contribution in [3.8, 4) is 5.75 Å². The fourth-order valence-corrected chi connectivity index (χ4v) is 3.72. The quantitative estimate of drug-likeness (QED) is 0.940. The van der Waals surface area contributed by atoms with Gasteiger partial charge in [-0.05, 0) is 24.5 Å². The topological polar surface area (TPSA) is 51.4 Å². The van der Waals surface area contributed by atoms with Gasteiger partial charge in [0.1, 0.15) is 5.75 Å². The Labute approximate surface area is 129 Å². The zero-order valence-electron chi connectivity index (χ0n) is 12.5. The molecule has 2 N–H and O–H groups in total. The molecule has 4 nitrogen and oxygen atoms in total. The predicted molar refractivity (Wildman–Crippen MR) is 87.7 cm³/mol. The molecule has 0 fully saturated rings. The number of nitrogens with two attached hydrogens (primary N) is 1. The summed E-state index contributed by atoms with van der Waals surface area (Å²) in [6, 6.07) is 8.17. The van der Waals surface area contributed by atoms with Gasteiger partial charge in [-0.25, -0.2) is 4.98 Å². The van der Waals surface area contributed by atoms with Crippen LogP contribution in [0.15, 0.2) is 24.3 Å². The Morgan fingerprint density at radius 1 is 1.38 bits per heavy atom. The van der Waals surface area contributed by atoms with Gasteiger partial charge >= 0.3 is 0 Å². The van der Waals surface area contributed by atoms with Gasteiger partial charge in [-0.15, -0.1) is 0 Å². The van der Waals surface area contributed by atoms with Crippen LogP contribution in [0.25, 0.3) is 0 Å². The smallest absolute Gasteiger partial charge is 0.190 e. The summed E-state index contributed by atoms with van der Waals surface area (Å²) in [4.78, 5) is 8.30. The summed E-state index contributed by atoms with van der Waals surface area (Å²) < 4.78 is 5.82. The van der Waals surface area contributed by atoms with E-state index in [1.54, 1.807) is 11.3 Å². The van der Waals surface area contributed by atoms with Crippen molar-refractivity contribution < 1.29 is 4.74 Å². The van der Waals surface area contributed by atoms with Crippen LogP contribution in [0.1, 0.15) is 36.8 Å². The summed E-state index contributed by atoms with van der Waals surface area (Å²) >= 11 is 1.70. The number of benzene rings is 1. The molecule has 2 aromatic rings. The number of hydrogen-bond donors (Lipinski definition) is 1. The van der Waals surface area contributed by atoms with Gasteiger partial charge in [0.05, 0.1) is 18.0 Å². The lowest BCUT2D eigenvalue weighted by molar-refractivity contribution is 0.322. The van der Waals surface area contributed by atoms with Crippen LogP contribution in [0.2, 0.25) is 0 Å². The van der Waals surface area contributed by atoms with Gasteiger partial charge in [-0.2, -0.15) is 0 Å². The summed E-state index contributed by atoms with van der Waals surface area (Å²) in [7, 11) is 0. The van der Waals surface area contributed by atoms with Gasteiger partial charge in [-0.3, -0.25) is 0 Å². The maximum absolute atomic E-state index is 5.88. The highest BCUT2D eigenvalue weighted by Gasteiger charge is 2.22. The van der Waals surface area contributed by atoms with Crippen molar-refractivity contribution in [1.82, 2.24) is 4.98 Å². The van der Waals surface area contributed by atoms with Crippen LogP contribution < -0.4 is 15.4 Å². The van der Waals surface area contributed by atoms with E-state index in [2.05, 4.69) is 24.8 Å². The molecule has 0 unspecified atom stereocenters. The second kappa shape index (κ2) is 6.03. The summed E-state index contributed by atoms with van der Waals surface area (Å²) in [5.41, 5.74) is 8.11. The SMILES string of the molecule is CC(C)c1nc(N2CCCOc3ccccc32)sc1CN. The summed E-state index contributed by atoms with van der Waals surface area (Å²) in [5, 5.41) is 1.03. The second-order valence-electron chi connectivity index (χ2n) is 5.49. The van der Waals surface area contributed by atoms with Crippen LogP contribution in [0.3, 0.4) is 0 Å². The highest BCUT2D eigenvalue weighted by molar-refractivity contribution is 7.15. The first kappa shape index (κ1) is 14.4. The van der Waals surface area contributed by atoms with Crippen molar-refractivity contribution in [3.63, 3.8) is 0 Å². The molecule has 0 atom stereocenters. The molecule has 1 aliphatic rings. The highest BCUT2D eigenvalue weighted by Crippen LogP contribution is 2.39. The number of anilines is 2. The van der Waals surface area contributed by atoms with Crippen LogP contribution in [-0.4, -0.2) is 18.1 Å². The van der Waals surface area contributed by atoms with Gasteiger partial charge in [-0.1, -0.05) is 37.3 Å². The number of ether oxygens (including phenoxy) is 1. The number of nitrogens with zero attached hydrogens (tertiary/aromatic N) is 2. The molecule has 0 saturated carbocycles. The average molecular weight is 303 g/mol. The van der Waals surface area contributed by atoms with Crippen molar-refractivity contribution in [2.45, 2.75) is 32.7 Å². The van der Waals surface area contributed by atoms with E-state index in [0.717, 1.165) is 41.8 Å². The first-order valence-corrected chi connectivity index (χ1v) is 8.21. The number of hydrogen-bond acceptors (Lipinski definition) is 5. The molecule has 1 aromatic carbocycles. The molecular weight excluding hydrogens is 282 g/mol. The van der Waals surface area contributed by atoms with E-state index in [1.807, 2.05) is 18.2 Å². The largest absolute Gasteiger partial charge is 0.491 e. The Kier molecular flexibility index (Phi) is 4.12. The summed E-state index contributed by atoms with van der Waals surface area (Å²) in [5.74, 6) is 1.33. The predicted octanol–water partition coefficient (Wildman–Crippen LogP) is 3.65. The average Bonchev–Trinajstić information content (AvgIpc) is 2.81. The molecule has 112 valence electrons. The lowest BCUT2D eigenvalue weighted by Crippen LogP contribution is -2.17. The van der Waals surface area contributed by atoms with Gasteiger partial charge in [0.25, 0.3) is 0 Å². The Hall–Kier alpha value is -1.59. The molecule has 0 aliphatic carbocycles. The molecule has 21 heavy (non-hydrogen) atoms. The number of rotatable bonds is 3. The first-order chi connectivity index (χ1) is 10.2. The van der Waals surface area contributed by atoms with Crippen LogP contribution >= 0.6 is 11.3 Å². The van der Waals surface area contributed by atoms with Crippen molar-refractivity contribution in [2.24, 2.45) is 5.73 Å². The molecular formula is C16H21N3OS. The van der Waals surface area contributed by atoms with E-state index in [-0.39, 0.29) is 0 Å². The summed E-state index contributed by atoms with van der Waals surface area (Å²) in [6.45, 7) is 6.55. The molecule has 1 aromatic heterocycles. The molecule has 0 spiro atoms. The van der Waals surface area contributed by atoms with E-state index in [9.17, 15) is 0 Å². The van der Waals surface area contributed by atoms with Gasteiger partial charge < -0.3 is 15.4 Å². The fourth-order valence-electron chi connectivity index (χ4n) is 2.59. The van der Waals surface area contributed by atoms with E-state index in [1.165, 1.54) is 4.88 Å². The van der Waals surface area contributed by atoms with Crippen molar-refractivity contribution in [2.75, 3.05) is 18.1 Å². The van der Waals surface area contributed by atoms with Crippen LogP contribution in [0.5, 0.6) is 5.75 Å². The molecule has 0 amide bonds. The summed E-state index contributed by atoms with van der Waals surface area (Å²) in [6.07, 6.45) is 0.989. The zero-order valence-corrected chi connectivity index (χ0v) is 13.3. The van der Waals surface area contributed by atoms with Crippen molar-refractivity contribution in [1.29, 1.82) is 0 Å². The third kappa shape index (κ3) is 2.76. The number of thiazole rings is 1. The van der Waals surface area contributed by atoms with Crippen molar-refractivity contribution >= 4 is 22.2 Å². The number of aromatic nitrogens is 1. The van der Waals surface area contributed by atoms with Gasteiger partial charge in [0.15, 0.2) is 5.13 Å². The molecule has 3 rings (SSSR count).